The Labute approximate surface area is 252 Å². The molecule has 4 aromatic carbocycles. The summed E-state index contributed by atoms with van der Waals surface area (Å²) < 4.78 is 37.7. The van der Waals surface area contributed by atoms with Crippen molar-refractivity contribution in [3.05, 3.63) is 90.5 Å². The molecule has 0 radical (unpaired) electrons. The number of ether oxygens (including phenoxy) is 2. The summed E-state index contributed by atoms with van der Waals surface area (Å²) in [6.07, 6.45) is 1.19. The number of carbonyl (C=O) groups is 2. The fourth-order valence-electron chi connectivity index (χ4n) is 5.43. The van der Waals surface area contributed by atoms with Crippen LogP contribution < -0.4 is 9.47 Å². The Morgan fingerprint density at radius 1 is 0.929 bits per heavy atom. The van der Waals surface area contributed by atoms with Gasteiger partial charge in [0, 0.05) is 0 Å². The van der Waals surface area contributed by atoms with Crippen molar-refractivity contribution >= 4 is 47.1 Å². The summed E-state index contributed by atoms with van der Waals surface area (Å²) in [7, 11) is -0.604. The number of carbonyl (C=O) groups excluding carboxylic acids is 1. The Morgan fingerprint density at radius 3 is 2.26 bits per heavy atom. The van der Waals surface area contributed by atoms with Crippen LogP contribution in [0, 0.1) is 0 Å². The summed E-state index contributed by atoms with van der Waals surface area (Å²) in [5.74, 6) is 0.361. The van der Waals surface area contributed by atoms with Crippen molar-refractivity contribution in [1.29, 1.82) is 0 Å². The van der Waals surface area contributed by atoms with Gasteiger partial charge >= 0.3 is 253 Å². The zero-order chi connectivity index (χ0) is 29.9. The van der Waals surface area contributed by atoms with Crippen LogP contribution in [0.5, 0.6) is 11.5 Å². The number of sulfonamides is 1. The molecule has 0 aliphatic carbocycles. The maximum absolute atomic E-state index is 13.4. The third kappa shape index (κ3) is 6.09. The molecule has 1 aliphatic heterocycles. The van der Waals surface area contributed by atoms with Crippen molar-refractivity contribution in [2.24, 2.45) is 0 Å². The van der Waals surface area contributed by atoms with Gasteiger partial charge in [-0.1, -0.05) is 0 Å². The Balaban J connectivity index is 1.34. The van der Waals surface area contributed by atoms with E-state index in [4.69, 9.17) is 9.47 Å². The second-order valence-electron chi connectivity index (χ2n) is 10.1. The number of carboxylic acids is 1. The maximum atomic E-state index is 13.4. The normalized spacial score (nSPS) is 16.6. The van der Waals surface area contributed by atoms with Crippen LogP contribution in [-0.4, -0.2) is 70.9 Å². The first kappa shape index (κ1) is 29.8. The summed E-state index contributed by atoms with van der Waals surface area (Å²) >= 11 is -1.66. The number of hydrogen-bond donors (Lipinski definition) is 1. The van der Waals surface area contributed by atoms with Crippen molar-refractivity contribution in [2.75, 3.05) is 20.8 Å². The molecule has 1 aliphatic rings. The third-order valence-electron chi connectivity index (χ3n) is 7.53. The Bertz CT molecular complexity index is 1700. The molecule has 0 amide bonds. The standard InChI is InChI=1S/C32H32AsNO7S/c1-40-28-11-6-12-29(41-2)30(28)24-16-15-22-18-21(13-14-23(22)20-24)19-26(32(36)37)33-31(35)27-10-7-17-34(27)42(38,39)25-8-4-3-5-9-25/h3-6,8-9,11-16,18,20,26-27,33H,7,10,17,19H2,1-2H3,(H,36,37)/t26?,27-/m0/s1. The molecular formula is C32H32AsNO7S. The molecular weight excluding hydrogens is 617 g/mol. The molecule has 4 aromatic rings. The van der Waals surface area contributed by atoms with Crippen LogP contribution in [0.1, 0.15) is 18.4 Å². The molecule has 1 N–H and O–H groups in total. The number of benzene rings is 4. The van der Waals surface area contributed by atoms with Gasteiger partial charge in [-0.05, 0) is 0 Å². The molecule has 42 heavy (non-hydrogen) atoms. The van der Waals surface area contributed by atoms with Crippen LogP contribution in [0.3, 0.4) is 0 Å². The van der Waals surface area contributed by atoms with Gasteiger partial charge in [-0.25, -0.2) is 0 Å². The van der Waals surface area contributed by atoms with E-state index in [-0.39, 0.29) is 22.4 Å². The number of hydrogen-bond acceptors (Lipinski definition) is 6. The van der Waals surface area contributed by atoms with Crippen molar-refractivity contribution in [3.63, 3.8) is 0 Å². The molecule has 2 unspecified atom stereocenters. The third-order valence-corrected chi connectivity index (χ3v) is 12.4. The summed E-state index contributed by atoms with van der Waals surface area (Å²) in [6, 6.07) is 24.6. The van der Waals surface area contributed by atoms with Crippen molar-refractivity contribution < 1.29 is 32.6 Å². The summed E-state index contributed by atoms with van der Waals surface area (Å²) in [6.45, 7) is 0.255. The number of fused-ring (bicyclic) bond motifs is 1. The van der Waals surface area contributed by atoms with E-state index in [2.05, 4.69) is 0 Å². The van der Waals surface area contributed by atoms with Gasteiger partial charge in [0.15, 0.2) is 0 Å². The van der Waals surface area contributed by atoms with Gasteiger partial charge in [0.1, 0.15) is 0 Å². The minimum atomic E-state index is -3.84. The average Bonchev–Trinajstić information content (AvgIpc) is 3.52. The molecule has 1 fully saturated rings. The van der Waals surface area contributed by atoms with Crippen LogP contribution in [0.2, 0.25) is 4.71 Å². The van der Waals surface area contributed by atoms with Gasteiger partial charge in [0.25, 0.3) is 0 Å². The zero-order valence-corrected chi connectivity index (χ0v) is 26.2. The van der Waals surface area contributed by atoms with E-state index in [1.807, 2.05) is 54.6 Å². The number of carboxylic acid groups (broad SMARTS) is 1. The zero-order valence-electron chi connectivity index (χ0n) is 23.3. The Kier molecular flexibility index (Phi) is 9.01. The molecule has 5 rings (SSSR count). The Hall–Kier alpha value is -3.65. The number of rotatable bonds is 11. The van der Waals surface area contributed by atoms with Crippen LogP contribution in [0.4, 0.5) is 0 Å². The molecule has 3 atom stereocenters. The van der Waals surface area contributed by atoms with E-state index in [1.54, 1.807) is 32.4 Å². The molecule has 0 spiro atoms. The van der Waals surface area contributed by atoms with Gasteiger partial charge in [0.2, 0.25) is 0 Å². The van der Waals surface area contributed by atoms with E-state index >= 15 is 0 Å². The molecule has 1 heterocycles. The van der Waals surface area contributed by atoms with Crippen LogP contribution in [0.15, 0.2) is 89.8 Å². The molecule has 218 valence electrons. The van der Waals surface area contributed by atoms with Gasteiger partial charge in [-0.2, -0.15) is 0 Å². The minimum absolute atomic E-state index is 0.142. The summed E-state index contributed by atoms with van der Waals surface area (Å²) in [5, 5.41) is 11.9. The molecule has 1 saturated heterocycles. The van der Waals surface area contributed by atoms with Crippen LogP contribution >= 0.6 is 0 Å². The number of methoxy groups -OCH3 is 2. The second kappa shape index (κ2) is 12.7. The van der Waals surface area contributed by atoms with E-state index in [0.717, 1.165) is 27.5 Å². The SMILES string of the molecule is COc1cccc(OC)c1-c1ccc2cc(CC([AsH]C(=O)[C@@H]3CCCN3S(=O)(=O)c3ccccc3)C(=O)O)ccc2c1. The molecule has 0 bridgehead atoms. The first-order valence-electron chi connectivity index (χ1n) is 13.6. The van der Waals surface area contributed by atoms with E-state index < -0.39 is 42.5 Å². The predicted molar refractivity (Wildman–Crippen MR) is 163 cm³/mol. The van der Waals surface area contributed by atoms with Crippen LogP contribution in [-0.2, 0) is 26.0 Å². The molecule has 0 saturated carbocycles. The Morgan fingerprint density at radius 2 is 1.60 bits per heavy atom. The van der Waals surface area contributed by atoms with Gasteiger partial charge in [-0.3, -0.25) is 0 Å². The van der Waals surface area contributed by atoms with Gasteiger partial charge < -0.3 is 0 Å². The van der Waals surface area contributed by atoms with Crippen molar-refractivity contribution in [2.45, 2.75) is 34.9 Å². The summed E-state index contributed by atoms with van der Waals surface area (Å²) in [5.41, 5.74) is 2.59. The van der Waals surface area contributed by atoms with Gasteiger partial charge in [-0.15, -0.1) is 0 Å². The summed E-state index contributed by atoms with van der Waals surface area (Å²) in [4.78, 5) is 25.8. The quantitative estimate of drug-likeness (QED) is 0.234. The second-order valence-corrected chi connectivity index (χ2v) is 15.1. The fraction of sp³-hybridized carbons (Fsp3) is 0.250. The predicted octanol–water partition coefficient (Wildman–Crippen LogP) is 4.76. The fourth-order valence-corrected chi connectivity index (χ4v) is 10.0. The van der Waals surface area contributed by atoms with Crippen LogP contribution in [0.25, 0.3) is 21.9 Å². The van der Waals surface area contributed by atoms with Gasteiger partial charge in [0.05, 0.1) is 0 Å². The number of aliphatic carboxylic acids is 1. The monoisotopic (exact) mass is 649 g/mol. The van der Waals surface area contributed by atoms with Crippen molar-refractivity contribution in [1.82, 2.24) is 4.31 Å². The molecule has 0 aromatic heterocycles. The first-order valence-corrected chi connectivity index (χ1v) is 17.3. The molecule has 8 nitrogen and oxygen atoms in total. The van der Waals surface area contributed by atoms with E-state index in [1.165, 1.54) is 16.4 Å². The average molecular weight is 650 g/mol. The first-order chi connectivity index (χ1) is 20.2. The topological polar surface area (TPSA) is 110 Å². The van der Waals surface area contributed by atoms with E-state index in [0.29, 0.717) is 24.3 Å². The van der Waals surface area contributed by atoms with E-state index in [9.17, 15) is 23.1 Å². The molecule has 10 heteroatoms. The number of nitrogens with zero attached hydrogens (tertiary/aromatic N) is 1. The van der Waals surface area contributed by atoms with Crippen molar-refractivity contribution in [3.8, 4) is 22.6 Å².